The number of aryl methyl sites for hydroxylation is 1. The van der Waals surface area contributed by atoms with Crippen molar-refractivity contribution in [2.24, 2.45) is 0 Å². The molecule has 0 fully saturated rings. The summed E-state index contributed by atoms with van der Waals surface area (Å²) in [6.07, 6.45) is -4.56. The van der Waals surface area contributed by atoms with Crippen LogP contribution in [0.4, 0.5) is 18.9 Å². The molecule has 0 aliphatic carbocycles. The Morgan fingerprint density at radius 3 is 2.38 bits per heavy atom. The van der Waals surface area contributed by atoms with Gasteiger partial charge in [-0.15, -0.1) is 0 Å². The lowest BCUT2D eigenvalue weighted by Gasteiger charge is -2.24. The molecule has 0 saturated heterocycles. The number of fused-ring (bicyclic) bond motifs is 1. The van der Waals surface area contributed by atoms with Crippen LogP contribution in [0.3, 0.4) is 0 Å². The first kappa shape index (κ1) is 21.4. The highest BCUT2D eigenvalue weighted by molar-refractivity contribution is 6.07. The maximum Gasteiger partial charge on any atom is 0.416 e. The van der Waals surface area contributed by atoms with E-state index in [0.717, 1.165) is 23.3 Å². The molecule has 7 heteroatoms. The molecule has 0 aliphatic rings. The Hall–Kier alpha value is -3.87. The highest BCUT2D eigenvalue weighted by Crippen LogP contribution is 2.32. The summed E-state index contributed by atoms with van der Waals surface area (Å²) in [5.41, 5.74) is 0.735. The third kappa shape index (κ3) is 4.42. The van der Waals surface area contributed by atoms with Gasteiger partial charge in [-0.3, -0.25) is 9.59 Å². The summed E-state index contributed by atoms with van der Waals surface area (Å²) in [5.74, 6) is -0.683. The molecule has 1 heterocycles. The average Bonchev–Trinajstić information content (AvgIpc) is 2.77. The first-order chi connectivity index (χ1) is 15.2. The van der Waals surface area contributed by atoms with Crippen LogP contribution in [0.5, 0.6) is 0 Å². The average molecular weight is 436 g/mol. The van der Waals surface area contributed by atoms with Gasteiger partial charge in [-0.25, -0.2) is 0 Å². The minimum Gasteiger partial charge on any atom is -0.321 e. The van der Waals surface area contributed by atoms with Gasteiger partial charge in [0.05, 0.1) is 12.1 Å². The minimum atomic E-state index is -4.56. The van der Waals surface area contributed by atoms with Crippen molar-refractivity contribution in [3.8, 4) is 0 Å². The van der Waals surface area contributed by atoms with Crippen molar-refractivity contribution < 1.29 is 18.0 Å². The van der Waals surface area contributed by atoms with E-state index in [-0.39, 0.29) is 17.8 Å². The molecule has 4 nitrogen and oxygen atoms in total. The molecule has 162 valence electrons. The van der Waals surface area contributed by atoms with Crippen molar-refractivity contribution in [3.05, 3.63) is 111 Å². The first-order valence-electron chi connectivity index (χ1n) is 9.89. The minimum absolute atomic E-state index is 0.00664. The van der Waals surface area contributed by atoms with E-state index in [9.17, 15) is 22.8 Å². The van der Waals surface area contributed by atoms with Crippen LogP contribution < -0.4 is 10.5 Å². The van der Waals surface area contributed by atoms with Gasteiger partial charge in [0.1, 0.15) is 5.56 Å². The Labute approximate surface area is 181 Å². The van der Waals surface area contributed by atoms with Crippen LogP contribution in [-0.2, 0) is 12.7 Å². The standard InChI is InChI=1S/C25H19F3N2O2/c1-16-9-11-17(12-10-16)15-30(20-7-4-6-19(14-20)25(26,27)28)24(32)21-13-18-5-2-3-8-22(18)29-23(21)31/h2-14H,15H2,1H3,(H,29,31). The molecule has 4 rings (SSSR count). The number of pyridine rings is 1. The Morgan fingerprint density at radius 2 is 1.66 bits per heavy atom. The zero-order valence-electron chi connectivity index (χ0n) is 17.1. The second kappa shape index (κ2) is 8.34. The molecule has 1 N–H and O–H groups in total. The van der Waals surface area contributed by atoms with E-state index in [1.165, 1.54) is 23.1 Å². The number of halogens is 3. The predicted octanol–water partition coefficient (Wildman–Crippen LogP) is 5.70. The summed E-state index contributed by atoms with van der Waals surface area (Å²) < 4.78 is 39.9. The molecule has 1 aromatic heterocycles. The monoisotopic (exact) mass is 436 g/mol. The predicted molar refractivity (Wildman–Crippen MR) is 118 cm³/mol. The number of hydrogen-bond acceptors (Lipinski definition) is 2. The number of hydrogen-bond donors (Lipinski definition) is 1. The molecule has 0 aliphatic heterocycles. The van der Waals surface area contributed by atoms with Gasteiger partial charge in [0.2, 0.25) is 0 Å². The Balaban J connectivity index is 1.82. The van der Waals surface area contributed by atoms with E-state index in [1.807, 2.05) is 19.1 Å². The largest absolute Gasteiger partial charge is 0.416 e. The van der Waals surface area contributed by atoms with Crippen LogP contribution in [0.25, 0.3) is 10.9 Å². The summed E-state index contributed by atoms with van der Waals surface area (Å²) in [6.45, 7) is 1.92. The lowest BCUT2D eigenvalue weighted by Crippen LogP contribution is -2.34. The molecule has 0 radical (unpaired) electrons. The summed E-state index contributed by atoms with van der Waals surface area (Å²) in [5, 5.41) is 0.648. The van der Waals surface area contributed by atoms with E-state index in [2.05, 4.69) is 4.98 Å². The molecule has 32 heavy (non-hydrogen) atoms. The van der Waals surface area contributed by atoms with E-state index in [0.29, 0.717) is 10.9 Å². The van der Waals surface area contributed by atoms with Crippen molar-refractivity contribution in [3.63, 3.8) is 0 Å². The maximum absolute atomic E-state index is 13.5. The van der Waals surface area contributed by atoms with Crippen molar-refractivity contribution in [1.29, 1.82) is 0 Å². The second-order valence-electron chi connectivity index (χ2n) is 7.52. The fraction of sp³-hybridized carbons (Fsp3) is 0.120. The molecule has 3 aromatic carbocycles. The molecule has 0 spiro atoms. The van der Waals surface area contributed by atoms with Crippen LogP contribution >= 0.6 is 0 Å². The third-order valence-electron chi connectivity index (χ3n) is 5.18. The van der Waals surface area contributed by atoms with Crippen molar-refractivity contribution >= 4 is 22.5 Å². The molecular weight excluding hydrogens is 417 g/mol. The van der Waals surface area contributed by atoms with Crippen molar-refractivity contribution in [2.75, 3.05) is 4.90 Å². The summed E-state index contributed by atoms with van der Waals surface area (Å²) >= 11 is 0. The smallest absolute Gasteiger partial charge is 0.321 e. The quantitative estimate of drug-likeness (QED) is 0.446. The summed E-state index contributed by atoms with van der Waals surface area (Å²) in [7, 11) is 0. The van der Waals surface area contributed by atoms with E-state index >= 15 is 0 Å². The third-order valence-corrected chi connectivity index (χ3v) is 5.18. The number of nitrogens with one attached hydrogen (secondary N) is 1. The number of aromatic nitrogens is 1. The van der Waals surface area contributed by atoms with Gasteiger partial charge in [-0.05, 0) is 48.2 Å². The van der Waals surface area contributed by atoms with Crippen LogP contribution in [0.15, 0.2) is 83.7 Å². The van der Waals surface area contributed by atoms with E-state index in [1.54, 1.807) is 36.4 Å². The fourth-order valence-corrected chi connectivity index (χ4v) is 3.46. The number of anilines is 1. The van der Waals surface area contributed by atoms with Crippen LogP contribution in [-0.4, -0.2) is 10.9 Å². The van der Waals surface area contributed by atoms with Crippen LogP contribution in [0, 0.1) is 6.92 Å². The molecule has 1 amide bonds. The SMILES string of the molecule is Cc1ccc(CN(C(=O)c2cc3ccccc3[nH]c2=O)c2cccc(C(F)(F)F)c2)cc1. The summed E-state index contributed by atoms with van der Waals surface area (Å²) in [4.78, 5) is 30.0. The number of rotatable bonds is 4. The number of carbonyl (C=O) groups is 1. The maximum atomic E-state index is 13.5. The lowest BCUT2D eigenvalue weighted by atomic mass is 10.1. The number of H-pyrrole nitrogens is 1. The topological polar surface area (TPSA) is 53.2 Å². The number of aromatic amines is 1. The highest BCUT2D eigenvalue weighted by Gasteiger charge is 2.31. The zero-order chi connectivity index (χ0) is 22.9. The van der Waals surface area contributed by atoms with Gasteiger partial charge in [0, 0.05) is 11.2 Å². The number of nitrogens with zero attached hydrogens (tertiary/aromatic N) is 1. The fourth-order valence-electron chi connectivity index (χ4n) is 3.46. The molecular formula is C25H19F3N2O2. The lowest BCUT2D eigenvalue weighted by molar-refractivity contribution is -0.137. The van der Waals surface area contributed by atoms with Crippen molar-refractivity contribution in [1.82, 2.24) is 4.98 Å². The zero-order valence-corrected chi connectivity index (χ0v) is 17.1. The Morgan fingerprint density at radius 1 is 0.938 bits per heavy atom. The van der Waals surface area contributed by atoms with E-state index < -0.39 is 23.2 Å². The molecule has 0 atom stereocenters. The molecule has 0 unspecified atom stereocenters. The van der Waals surface area contributed by atoms with Gasteiger partial charge in [0.25, 0.3) is 11.5 Å². The van der Waals surface area contributed by atoms with Gasteiger partial charge >= 0.3 is 6.18 Å². The van der Waals surface area contributed by atoms with Gasteiger partial charge < -0.3 is 9.88 Å². The van der Waals surface area contributed by atoms with Gasteiger partial charge in [0.15, 0.2) is 0 Å². The van der Waals surface area contributed by atoms with Crippen LogP contribution in [0.1, 0.15) is 27.0 Å². The summed E-state index contributed by atoms with van der Waals surface area (Å²) in [6, 6.07) is 20.3. The van der Waals surface area contributed by atoms with Crippen LogP contribution in [0.2, 0.25) is 0 Å². The number of alkyl halides is 3. The highest BCUT2D eigenvalue weighted by atomic mass is 19.4. The first-order valence-corrected chi connectivity index (χ1v) is 9.89. The number of amides is 1. The number of para-hydroxylation sites is 1. The Bertz CT molecular complexity index is 1340. The second-order valence-corrected chi connectivity index (χ2v) is 7.52. The van der Waals surface area contributed by atoms with Gasteiger partial charge in [-0.1, -0.05) is 54.1 Å². The Kier molecular flexibility index (Phi) is 5.57. The molecule has 0 bridgehead atoms. The normalized spacial score (nSPS) is 11.5. The van der Waals surface area contributed by atoms with Crippen molar-refractivity contribution in [2.45, 2.75) is 19.6 Å². The van der Waals surface area contributed by atoms with Gasteiger partial charge in [-0.2, -0.15) is 13.2 Å². The number of benzene rings is 3. The van der Waals surface area contributed by atoms with E-state index in [4.69, 9.17) is 0 Å². The number of carbonyl (C=O) groups excluding carboxylic acids is 1. The molecule has 0 saturated carbocycles. The molecule has 4 aromatic rings.